The Balaban J connectivity index is 1.54. The van der Waals surface area contributed by atoms with E-state index in [1.54, 1.807) is 6.21 Å². The van der Waals surface area contributed by atoms with Gasteiger partial charge in [0.05, 0.1) is 6.54 Å². The summed E-state index contributed by atoms with van der Waals surface area (Å²) >= 11 is 0. The van der Waals surface area contributed by atoms with E-state index in [1.807, 2.05) is 0 Å². The van der Waals surface area contributed by atoms with Crippen molar-refractivity contribution in [1.29, 1.82) is 0 Å². The van der Waals surface area contributed by atoms with Crippen LogP contribution >= 0.6 is 0 Å². The molecule has 2 aliphatic rings. The summed E-state index contributed by atoms with van der Waals surface area (Å²) in [5, 5.41) is 3.33. The topological polar surface area (TPSA) is 61.8 Å². The second-order valence-electron chi connectivity index (χ2n) is 9.03. The van der Waals surface area contributed by atoms with Crippen molar-refractivity contribution in [2.75, 3.05) is 39.3 Å². The molecule has 1 aliphatic heterocycles. The van der Waals surface area contributed by atoms with Crippen LogP contribution in [0.1, 0.15) is 50.7 Å². The maximum atomic E-state index is 12.6. The van der Waals surface area contributed by atoms with E-state index in [0.717, 1.165) is 38.3 Å². The molecule has 152 valence electrons. The van der Waals surface area contributed by atoms with Gasteiger partial charge in [-0.3, -0.25) is 19.5 Å². The smallest absolute Gasteiger partial charge is 0.149 e. The molecule has 1 saturated carbocycles. The standard InChI is InChI=1S/C23H33N3O2/c1-23(2,3)19-6-4-17(5-7-19)18-14-21(27)20(22(28)15-18)16-25-10-13-26-11-8-24-9-12-26/h4-7,16,18,20,24H,8-15H2,1-3H3. The van der Waals surface area contributed by atoms with Crippen LogP contribution in [-0.2, 0) is 15.0 Å². The van der Waals surface area contributed by atoms with Gasteiger partial charge in [-0.15, -0.1) is 0 Å². The molecule has 0 atom stereocenters. The fourth-order valence-electron chi connectivity index (χ4n) is 3.96. The first-order chi connectivity index (χ1) is 13.3. The number of rotatable bonds is 5. The Morgan fingerprint density at radius 3 is 2.25 bits per heavy atom. The lowest BCUT2D eigenvalue weighted by atomic mass is 9.76. The molecule has 0 unspecified atom stereocenters. The molecule has 1 N–H and O–H groups in total. The summed E-state index contributed by atoms with van der Waals surface area (Å²) in [7, 11) is 0. The van der Waals surface area contributed by atoms with Gasteiger partial charge < -0.3 is 5.32 Å². The molecule has 1 heterocycles. The van der Waals surface area contributed by atoms with Gasteiger partial charge in [0, 0.05) is 51.8 Å². The van der Waals surface area contributed by atoms with Crippen molar-refractivity contribution in [1.82, 2.24) is 10.2 Å². The highest BCUT2D eigenvalue weighted by Crippen LogP contribution is 2.32. The molecule has 3 rings (SSSR count). The highest BCUT2D eigenvalue weighted by molar-refractivity contribution is 6.16. The summed E-state index contributed by atoms with van der Waals surface area (Å²) in [5.41, 5.74) is 2.45. The Bertz CT molecular complexity index is 694. The fraction of sp³-hybridized carbons (Fsp3) is 0.609. The summed E-state index contributed by atoms with van der Waals surface area (Å²) in [6.07, 6.45) is 2.45. The van der Waals surface area contributed by atoms with Crippen LogP contribution in [0, 0.1) is 5.92 Å². The third kappa shape index (κ3) is 5.36. The molecule has 1 aromatic carbocycles. The lowest BCUT2D eigenvalue weighted by Crippen LogP contribution is -2.44. The molecule has 0 spiro atoms. The van der Waals surface area contributed by atoms with Crippen LogP contribution in [0.25, 0.3) is 0 Å². The summed E-state index contributed by atoms with van der Waals surface area (Å²) < 4.78 is 0. The molecule has 1 saturated heterocycles. The van der Waals surface area contributed by atoms with Crippen molar-refractivity contribution in [2.45, 2.75) is 44.9 Å². The zero-order chi connectivity index (χ0) is 20.1. The molecule has 0 radical (unpaired) electrons. The minimum Gasteiger partial charge on any atom is -0.314 e. The number of nitrogens with zero attached hydrogens (tertiary/aromatic N) is 2. The fourth-order valence-corrected chi connectivity index (χ4v) is 3.96. The molecule has 1 aliphatic carbocycles. The Morgan fingerprint density at radius 1 is 1.07 bits per heavy atom. The lowest BCUT2D eigenvalue weighted by molar-refractivity contribution is -0.133. The highest BCUT2D eigenvalue weighted by atomic mass is 16.2. The number of hydrogen-bond donors (Lipinski definition) is 1. The van der Waals surface area contributed by atoms with Crippen molar-refractivity contribution in [3.63, 3.8) is 0 Å². The van der Waals surface area contributed by atoms with Crippen LogP contribution in [0.15, 0.2) is 29.3 Å². The second-order valence-corrected chi connectivity index (χ2v) is 9.03. The first-order valence-corrected chi connectivity index (χ1v) is 10.4. The number of Topliss-reactive ketones (excluding diaryl/α,β-unsaturated/α-hetero) is 2. The molecule has 1 aromatic rings. The van der Waals surface area contributed by atoms with E-state index >= 15 is 0 Å². The van der Waals surface area contributed by atoms with Crippen LogP contribution in [0.3, 0.4) is 0 Å². The number of hydrogen-bond acceptors (Lipinski definition) is 5. The van der Waals surface area contributed by atoms with Gasteiger partial charge in [0.2, 0.25) is 0 Å². The van der Waals surface area contributed by atoms with Gasteiger partial charge in [-0.2, -0.15) is 0 Å². The van der Waals surface area contributed by atoms with Crippen LogP contribution in [0.4, 0.5) is 0 Å². The monoisotopic (exact) mass is 383 g/mol. The van der Waals surface area contributed by atoms with Gasteiger partial charge in [-0.1, -0.05) is 45.0 Å². The quantitative estimate of drug-likeness (QED) is 0.627. The molecule has 0 amide bonds. The van der Waals surface area contributed by atoms with Crippen molar-refractivity contribution in [2.24, 2.45) is 10.9 Å². The number of carbonyl (C=O) groups is 2. The molecule has 5 nitrogen and oxygen atoms in total. The summed E-state index contributed by atoms with van der Waals surface area (Å²) in [6.45, 7) is 12.2. The average molecular weight is 384 g/mol. The van der Waals surface area contributed by atoms with Gasteiger partial charge in [0.15, 0.2) is 0 Å². The molecule has 0 aromatic heterocycles. The maximum absolute atomic E-state index is 12.6. The van der Waals surface area contributed by atoms with Crippen molar-refractivity contribution in [3.05, 3.63) is 35.4 Å². The van der Waals surface area contributed by atoms with Crippen LogP contribution < -0.4 is 5.32 Å². The molecule has 5 heteroatoms. The summed E-state index contributed by atoms with van der Waals surface area (Å²) in [5.74, 6) is -0.633. The number of ketones is 2. The number of nitrogens with one attached hydrogen (secondary N) is 1. The van der Waals surface area contributed by atoms with E-state index in [0.29, 0.717) is 19.4 Å². The minimum atomic E-state index is -0.645. The van der Waals surface area contributed by atoms with Crippen molar-refractivity contribution < 1.29 is 9.59 Å². The Kier molecular flexibility index (Phi) is 6.78. The maximum Gasteiger partial charge on any atom is 0.149 e. The van der Waals surface area contributed by atoms with Gasteiger partial charge in [-0.25, -0.2) is 0 Å². The third-order valence-electron chi connectivity index (χ3n) is 5.85. The van der Waals surface area contributed by atoms with Crippen molar-refractivity contribution >= 4 is 17.8 Å². The molecular formula is C23H33N3O2. The van der Waals surface area contributed by atoms with Crippen molar-refractivity contribution in [3.8, 4) is 0 Å². The third-order valence-corrected chi connectivity index (χ3v) is 5.85. The van der Waals surface area contributed by atoms with Gasteiger partial charge in [-0.05, 0) is 22.5 Å². The van der Waals surface area contributed by atoms with E-state index in [1.165, 1.54) is 5.56 Å². The van der Waals surface area contributed by atoms with E-state index < -0.39 is 5.92 Å². The Morgan fingerprint density at radius 2 is 1.68 bits per heavy atom. The second kappa shape index (κ2) is 9.10. The van der Waals surface area contributed by atoms with E-state index in [9.17, 15) is 9.59 Å². The molecule has 28 heavy (non-hydrogen) atoms. The lowest BCUT2D eigenvalue weighted by Gasteiger charge is -2.27. The van der Waals surface area contributed by atoms with Crippen LogP contribution in [0.5, 0.6) is 0 Å². The largest absolute Gasteiger partial charge is 0.314 e. The molecular weight excluding hydrogens is 350 g/mol. The normalized spacial score (nSPS) is 24.8. The highest BCUT2D eigenvalue weighted by Gasteiger charge is 2.35. The van der Waals surface area contributed by atoms with E-state index in [-0.39, 0.29) is 22.9 Å². The first-order valence-electron chi connectivity index (χ1n) is 10.4. The Hall–Kier alpha value is -1.85. The number of aliphatic imine (C=N–C) groups is 1. The SMILES string of the molecule is CC(C)(C)c1ccc(C2CC(=O)C(C=NCCN3CCNCC3)C(=O)C2)cc1. The van der Waals surface area contributed by atoms with Gasteiger partial charge in [0.25, 0.3) is 0 Å². The predicted octanol–water partition coefficient (Wildman–Crippen LogP) is 2.59. The first kappa shape index (κ1) is 20.9. The number of benzene rings is 1. The number of piperazine rings is 1. The summed E-state index contributed by atoms with van der Waals surface area (Å²) in [4.78, 5) is 31.9. The van der Waals surface area contributed by atoms with Crippen LogP contribution in [-0.4, -0.2) is 61.9 Å². The predicted molar refractivity (Wildman–Crippen MR) is 113 cm³/mol. The van der Waals surface area contributed by atoms with E-state index in [2.05, 4.69) is 60.2 Å². The average Bonchev–Trinajstić information content (AvgIpc) is 2.67. The number of carbonyl (C=O) groups excluding carboxylic acids is 2. The van der Waals surface area contributed by atoms with E-state index in [4.69, 9.17) is 0 Å². The minimum absolute atomic E-state index is 0.000446. The zero-order valence-electron chi connectivity index (χ0n) is 17.4. The molecule has 0 bridgehead atoms. The van der Waals surface area contributed by atoms with Gasteiger partial charge >= 0.3 is 0 Å². The Labute approximate surface area is 168 Å². The van der Waals surface area contributed by atoms with Gasteiger partial charge in [0.1, 0.15) is 17.5 Å². The zero-order valence-corrected chi connectivity index (χ0v) is 17.4. The summed E-state index contributed by atoms with van der Waals surface area (Å²) in [6, 6.07) is 8.39. The molecule has 2 fully saturated rings. The van der Waals surface area contributed by atoms with Crippen LogP contribution in [0.2, 0.25) is 0 Å².